The first-order chi connectivity index (χ1) is 11.9. The number of nitrogens with zero attached hydrogens (tertiary/aromatic N) is 2. The summed E-state index contributed by atoms with van der Waals surface area (Å²) in [5.41, 5.74) is 3.99. The highest BCUT2D eigenvalue weighted by Crippen LogP contribution is 2.32. The van der Waals surface area contributed by atoms with Gasteiger partial charge < -0.3 is 4.42 Å². The van der Waals surface area contributed by atoms with Crippen LogP contribution in [0, 0.1) is 0 Å². The van der Waals surface area contributed by atoms with E-state index in [0.717, 1.165) is 39.0 Å². The summed E-state index contributed by atoms with van der Waals surface area (Å²) in [4.78, 5) is 4.57. The van der Waals surface area contributed by atoms with Crippen LogP contribution in [0.2, 0.25) is 0 Å². The minimum atomic E-state index is 0.901. The predicted molar refractivity (Wildman–Crippen MR) is 96.3 cm³/mol. The quantitative estimate of drug-likeness (QED) is 0.435. The number of hydrogen-bond acceptors (Lipinski definition) is 2. The Morgan fingerprint density at radius 3 is 2.46 bits per heavy atom. The van der Waals surface area contributed by atoms with Crippen LogP contribution >= 0.6 is 0 Å². The lowest BCUT2D eigenvalue weighted by Crippen LogP contribution is -1.95. The van der Waals surface area contributed by atoms with Gasteiger partial charge in [-0.25, -0.2) is 4.98 Å². The van der Waals surface area contributed by atoms with Crippen LogP contribution in [0.1, 0.15) is 0 Å². The smallest absolute Gasteiger partial charge is 0.144 e. The molecule has 0 aliphatic heterocycles. The second-order valence-electron chi connectivity index (χ2n) is 5.77. The van der Waals surface area contributed by atoms with Crippen molar-refractivity contribution in [1.82, 2.24) is 9.55 Å². The number of furan rings is 1. The maximum absolute atomic E-state index is 5.91. The summed E-state index contributed by atoms with van der Waals surface area (Å²) in [5.74, 6) is 0.924. The van der Waals surface area contributed by atoms with E-state index in [1.54, 1.807) is 0 Å². The summed E-state index contributed by atoms with van der Waals surface area (Å²) in [6, 6.07) is 24.6. The van der Waals surface area contributed by atoms with E-state index < -0.39 is 0 Å². The zero-order chi connectivity index (χ0) is 15.9. The number of fused-ring (bicyclic) bond motifs is 3. The van der Waals surface area contributed by atoms with Crippen LogP contribution in [0.15, 0.2) is 89.6 Å². The standard InChI is InChI=1S/C21H14N2O/c1-2-6-16(7-3-1)23-13-12-22-21(23)15-10-11-20-18(14-15)17-8-4-5-9-19(17)24-20/h1-14H. The summed E-state index contributed by atoms with van der Waals surface area (Å²) >= 11 is 0. The minimum absolute atomic E-state index is 0.901. The van der Waals surface area contributed by atoms with E-state index in [-0.39, 0.29) is 0 Å². The molecule has 0 aliphatic carbocycles. The van der Waals surface area contributed by atoms with Crippen LogP contribution in [0.5, 0.6) is 0 Å². The molecule has 2 aromatic heterocycles. The van der Waals surface area contributed by atoms with Gasteiger partial charge in [0.15, 0.2) is 0 Å². The summed E-state index contributed by atoms with van der Waals surface area (Å²) < 4.78 is 8.01. The molecule has 0 saturated carbocycles. The van der Waals surface area contributed by atoms with Crippen molar-refractivity contribution in [2.45, 2.75) is 0 Å². The molecule has 3 nitrogen and oxygen atoms in total. The number of para-hydroxylation sites is 2. The third-order valence-corrected chi connectivity index (χ3v) is 4.31. The molecule has 0 N–H and O–H groups in total. The molecule has 24 heavy (non-hydrogen) atoms. The van der Waals surface area contributed by atoms with Crippen molar-refractivity contribution in [1.29, 1.82) is 0 Å². The van der Waals surface area contributed by atoms with E-state index in [2.05, 4.69) is 39.9 Å². The van der Waals surface area contributed by atoms with E-state index in [9.17, 15) is 0 Å². The van der Waals surface area contributed by atoms with Crippen LogP contribution in [0.4, 0.5) is 0 Å². The van der Waals surface area contributed by atoms with Gasteiger partial charge in [0.25, 0.3) is 0 Å². The third kappa shape index (κ3) is 1.95. The fraction of sp³-hybridized carbons (Fsp3) is 0. The average Bonchev–Trinajstić information content (AvgIpc) is 3.26. The molecule has 0 unspecified atom stereocenters. The van der Waals surface area contributed by atoms with Gasteiger partial charge in [0.2, 0.25) is 0 Å². The highest BCUT2D eigenvalue weighted by atomic mass is 16.3. The molecule has 0 aliphatic rings. The highest BCUT2D eigenvalue weighted by Gasteiger charge is 2.11. The van der Waals surface area contributed by atoms with Crippen LogP contribution < -0.4 is 0 Å². The van der Waals surface area contributed by atoms with E-state index in [1.165, 1.54) is 0 Å². The molecule has 5 rings (SSSR count). The van der Waals surface area contributed by atoms with Crippen molar-refractivity contribution in [2.75, 3.05) is 0 Å². The Morgan fingerprint density at radius 2 is 1.54 bits per heavy atom. The predicted octanol–water partition coefficient (Wildman–Crippen LogP) is 5.44. The molecule has 0 atom stereocenters. The van der Waals surface area contributed by atoms with Crippen LogP contribution in [-0.4, -0.2) is 9.55 Å². The monoisotopic (exact) mass is 310 g/mol. The van der Waals surface area contributed by atoms with Crippen molar-refractivity contribution in [3.63, 3.8) is 0 Å². The molecule has 2 heterocycles. The topological polar surface area (TPSA) is 31.0 Å². The van der Waals surface area contributed by atoms with Crippen LogP contribution in [0.25, 0.3) is 39.0 Å². The Bertz CT molecular complexity index is 1150. The van der Waals surface area contributed by atoms with E-state index in [0.29, 0.717) is 0 Å². The Balaban J connectivity index is 1.73. The van der Waals surface area contributed by atoms with Gasteiger partial charge in [-0.1, -0.05) is 36.4 Å². The molecular formula is C21H14N2O. The molecule has 3 aromatic carbocycles. The van der Waals surface area contributed by atoms with Gasteiger partial charge in [-0.2, -0.15) is 0 Å². The van der Waals surface area contributed by atoms with Crippen molar-refractivity contribution < 1.29 is 4.42 Å². The fourth-order valence-corrected chi connectivity index (χ4v) is 3.18. The first-order valence-electron chi connectivity index (χ1n) is 7.90. The van der Waals surface area contributed by atoms with Crippen molar-refractivity contribution >= 4 is 21.9 Å². The number of rotatable bonds is 2. The molecule has 3 heteroatoms. The number of imidazole rings is 1. The molecule has 0 saturated heterocycles. The van der Waals surface area contributed by atoms with Crippen molar-refractivity contribution in [3.8, 4) is 17.1 Å². The van der Waals surface area contributed by atoms with Gasteiger partial charge in [-0.15, -0.1) is 0 Å². The summed E-state index contributed by atoms with van der Waals surface area (Å²) in [6.45, 7) is 0. The van der Waals surface area contributed by atoms with E-state index >= 15 is 0 Å². The molecule has 0 radical (unpaired) electrons. The van der Waals surface area contributed by atoms with Crippen LogP contribution in [0.3, 0.4) is 0 Å². The molecule has 114 valence electrons. The van der Waals surface area contributed by atoms with Crippen molar-refractivity contribution in [2.24, 2.45) is 0 Å². The maximum Gasteiger partial charge on any atom is 0.144 e. The Morgan fingerprint density at radius 1 is 0.750 bits per heavy atom. The van der Waals surface area contributed by atoms with E-state index in [4.69, 9.17) is 4.42 Å². The molecule has 0 spiro atoms. The summed E-state index contributed by atoms with van der Waals surface area (Å²) in [5, 5.41) is 2.25. The first kappa shape index (κ1) is 13.1. The zero-order valence-electron chi connectivity index (χ0n) is 12.9. The SMILES string of the molecule is c1ccc(-n2ccnc2-c2ccc3oc4ccccc4c3c2)cc1. The Hall–Kier alpha value is -3.33. The highest BCUT2D eigenvalue weighted by molar-refractivity contribution is 6.06. The van der Waals surface area contributed by atoms with Gasteiger partial charge >= 0.3 is 0 Å². The first-order valence-corrected chi connectivity index (χ1v) is 7.90. The van der Waals surface area contributed by atoms with Gasteiger partial charge in [0, 0.05) is 34.4 Å². The summed E-state index contributed by atoms with van der Waals surface area (Å²) in [7, 11) is 0. The lowest BCUT2D eigenvalue weighted by Gasteiger charge is -2.07. The van der Waals surface area contributed by atoms with Gasteiger partial charge in [-0.05, 0) is 36.4 Å². The van der Waals surface area contributed by atoms with Gasteiger partial charge in [0.05, 0.1) is 0 Å². The molecular weight excluding hydrogens is 296 g/mol. The fourth-order valence-electron chi connectivity index (χ4n) is 3.18. The maximum atomic E-state index is 5.91. The molecule has 0 fully saturated rings. The second-order valence-corrected chi connectivity index (χ2v) is 5.77. The molecule has 5 aromatic rings. The normalized spacial score (nSPS) is 11.3. The second kappa shape index (κ2) is 5.10. The average molecular weight is 310 g/mol. The molecule has 0 bridgehead atoms. The lowest BCUT2D eigenvalue weighted by atomic mass is 10.1. The number of benzene rings is 3. The third-order valence-electron chi connectivity index (χ3n) is 4.31. The zero-order valence-corrected chi connectivity index (χ0v) is 12.9. The number of hydrogen-bond donors (Lipinski definition) is 0. The lowest BCUT2D eigenvalue weighted by molar-refractivity contribution is 0.669. The van der Waals surface area contributed by atoms with Crippen LogP contribution in [-0.2, 0) is 0 Å². The van der Waals surface area contributed by atoms with Gasteiger partial charge in [-0.3, -0.25) is 4.57 Å². The van der Waals surface area contributed by atoms with Gasteiger partial charge in [0.1, 0.15) is 17.0 Å². The van der Waals surface area contributed by atoms with E-state index in [1.807, 2.05) is 54.9 Å². The Labute approximate surface area is 138 Å². The van der Waals surface area contributed by atoms with Crippen molar-refractivity contribution in [3.05, 3.63) is 85.2 Å². The number of aromatic nitrogens is 2. The Kier molecular flexibility index (Phi) is 2.79. The minimum Gasteiger partial charge on any atom is -0.456 e. The molecule has 0 amide bonds. The summed E-state index contributed by atoms with van der Waals surface area (Å²) in [6.07, 6.45) is 3.82. The largest absolute Gasteiger partial charge is 0.456 e.